The molecule has 0 aliphatic carbocycles. The molecule has 1 unspecified atom stereocenters. The van der Waals surface area contributed by atoms with E-state index in [1.54, 1.807) is 6.20 Å². The number of rotatable bonds is 4. The molecule has 0 radical (unpaired) electrons. The van der Waals surface area contributed by atoms with Crippen molar-refractivity contribution in [3.63, 3.8) is 0 Å². The Hall–Kier alpha value is -2.18. The number of aryl methyl sites for hydroxylation is 1. The van der Waals surface area contributed by atoms with Crippen molar-refractivity contribution in [2.45, 2.75) is 32.4 Å². The molecule has 0 bridgehead atoms. The van der Waals surface area contributed by atoms with Crippen LogP contribution < -0.4 is 10.9 Å². The van der Waals surface area contributed by atoms with Gasteiger partial charge in [-0.3, -0.25) is 19.3 Å². The Morgan fingerprint density at radius 1 is 1.42 bits per heavy atom. The number of nitrogens with zero attached hydrogens (tertiary/aromatic N) is 3. The van der Waals surface area contributed by atoms with Crippen molar-refractivity contribution in [2.24, 2.45) is 0 Å². The lowest BCUT2D eigenvalue weighted by Crippen LogP contribution is -2.35. The van der Waals surface area contributed by atoms with E-state index in [1.165, 1.54) is 17.8 Å². The molecule has 2 heterocycles. The average molecular weight is 264 g/mol. The van der Waals surface area contributed by atoms with Gasteiger partial charge >= 0.3 is 0 Å². The zero-order valence-corrected chi connectivity index (χ0v) is 10.9. The smallest absolute Gasteiger partial charge is 0.293 e. The van der Waals surface area contributed by atoms with E-state index < -0.39 is 6.04 Å². The Morgan fingerprint density at radius 2 is 2.16 bits per heavy atom. The fraction of sp³-hybridized carbons (Fsp3) is 0.500. The third-order valence-electron chi connectivity index (χ3n) is 3.07. The van der Waals surface area contributed by atoms with Gasteiger partial charge in [0.25, 0.3) is 11.5 Å². The summed E-state index contributed by atoms with van der Waals surface area (Å²) < 4.78 is 1.53. The van der Waals surface area contributed by atoms with E-state index in [1.807, 2.05) is 6.92 Å². The minimum Gasteiger partial charge on any atom is -0.353 e. The van der Waals surface area contributed by atoms with Crippen LogP contribution in [0.25, 0.3) is 0 Å². The van der Waals surface area contributed by atoms with Crippen LogP contribution in [0.1, 0.15) is 19.8 Å². The molecule has 1 aliphatic rings. The number of likely N-dealkylation sites (tertiary alicyclic amines) is 1. The summed E-state index contributed by atoms with van der Waals surface area (Å²) in [5.74, 6) is -0.484. The van der Waals surface area contributed by atoms with Crippen molar-refractivity contribution in [3.8, 4) is 0 Å². The van der Waals surface area contributed by atoms with Gasteiger partial charge < -0.3 is 9.88 Å². The van der Waals surface area contributed by atoms with E-state index in [0.29, 0.717) is 6.54 Å². The number of imide groups is 1. The quantitative estimate of drug-likeness (QED) is 0.763. The minimum absolute atomic E-state index is 0.0547. The molecule has 2 rings (SSSR count). The summed E-state index contributed by atoms with van der Waals surface area (Å²) in [6, 6.07) is -0.699. The van der Waals surface area contributed by atoms with Crippen LogP contribution in [0.3, 0.4) is 0 Å². The number of aromatic nitrogens is 2. The van der Waals surface area contributed by atoms with Crippen LogP contribution in [-0.2, 0) is 16.1 Å². The molecule has 7 nitrogen and oxygen atoms in total. The van der Waals surface area contributed by atoms with Gasteiger partial charge in [-0.1, -0.05) is 6.92 Å². The topological polar surface area (TPSA) is 84.3 Å². The number of carbonyl (C=O) groups excluding carboxylic acids is 2. The van der Waals surface area contributed by atoms with Gasteiger partial charge in [-0.2, -0.15) is 0 Å². The van der Waals surface area contributed by atoms with E-state index in [9.17, 15) is 14.4 Å². The highest BCUT2D eigenvalue weighted by atomic mass is 16.2. The summed E-state index contributed by atoms with van der Waals surface area (Å²) in [6.07, 6.45) is 3.99. The zero-order chi connectivity index (χ0) is 14.0. The number of anilines is 1. The summed E-state index contributed by atoms with van der Waals surface area (Å²) in [7, 11) is 1.43. The van der Waals surface area contributed by atoms with Crippen molar-refractivity contribution >= 4 is 17.6 Å². The molecule has 1 N–H and O–H groups in total. The van der Waals surface area contributed by atoms with Gasteiger partial charge in [0.15, 0.2) is 5.82 Å². The first kappa shape index (κ1) is 13.3. The minimum atomic E-state index is -0.699. The van der Waals surface area contributed by atoms with E-state index in [-0.39, 0.29) is 29.6 Å². The summed E-state index contributed by atoms with van der Waals surface area (Å²) in [6.45, 7) is 2.56. The summed E-state index contributed by atoms with van der Waals surface area (Å²) >= 11 is 0. The Labute approximate surface area is 110 Å². The maximum absolute atomic E-state index is 12.0. The third-order valence-corrected chi connectivity index (χ3v) is 3.07. The summed E-state index contributed by atoms with van der Waals surface area (Å²) in [5, 5.41) is 2.76. The normalized spacial score (nSPS) is 19.1. The molecule has 7 heteroatoms. The zero-order valence-electron chi connectivity index (χ0n) is 10.9. The predicted octanol–water partition coefficient (Wildman–Crippen LogP) is -0.178. The first-order chi connectivity index (χ1) is 9.04. The van der Waals surface area contributed by atoms with Crippen LogP contribution in [0.15, 0.2) is 17.2 Å². The molecular weight excluding hydrogens is 248 g/mol. The van der Waals surface area contributed by atoms with Crippen molar-refractivity contribution in [2.75, 3.05) is 12.4 Å². The Kier molecular flexibility index (Phi) is 3.64. The lowest BCUT2D eigenvalue weighted by atomic mass is 10.2. The van der Waals surface area contributed by atoms with Crippen LogP contribution in [0.2, 0.25) is 0 Å². The molecule has 0 saturated carbocycles. The second kappa shape index (κ2) is 5.21. The van der Waals surface area contributed by atoms with Gasteiger partial charge in [0.2, 0.25) is 5.91 Å². The second-order valence-corrected chi connectivity index (χ2v) is 4.47. The fourth-order valence-electron chi connectivity index (χ4n) is 2.00. The van der Waals surface area contributed by atoms with Gasteiger partial charge in [-0.25, -0.2) is 4.98 Å². The first-order valence-corrected chi connectivity index (χ1v) is 6.17. The highest BCUT2D eigenvalue weighted by Gasteiger charge is 2.36. The lowest BCUT2D eigenvalue weighted by molar-refractivity contribution is -0.136. The van der Waals surface area contributed by atoms with Gasteiger partial charge in [-0.05, 0) is 6.42 Å². The third kappa shape index (κ3) is 2.49. The average Bonchev–Trinajstić information content (AvgIpc) is 2.62. The molecular formula is C12H16N4O3. The Morgan fingerprint density at radius 3 is 2.74 bits per heavy atom. The number of nitrogens with one attached hydrogen (secondary N) is 1. The Balaban J connectivity index is 2.21. The molecule has 1 aromatic rings. The molecule has 1 aliphatic heterocycles. The molecule has 2 amide bonds. The fourth-order valence-corrected chi connectivity index (χ4v) is 2.00. The standard InChI is InChI=1S/C12H16N4O3/c1-3-5-16-6-4-13-10(12(16)19)14-8-7-9(17)15(2)11(8)18/h4,6,8H,3,5,7H2,1-2H3,(H,13,14). The van der Waals surface area contributed by atoms with Gasteiger partial charge in [0.05, 0.1) is 6.42 Å². The van der Waals surface area contributed by atoms with Gasteiger partial charge in [0.1, 0.15) is 6.04 Å². The Bertz CT molecular complexity index is 566. The highest BCUT2D eigenvalue weighted by molar-refractivity contribution is 6.06. The molecule has 0 spiro atoms. The van der Waals surface area contributed by atoms with E-state index >= 15 is 0 Å². The van der Waals surface area contributed by atoms with Gasteiger partial charge in [-0.15, -0.1) is 0 Å². The predicted molar refractivity (Wildman–Crippen MR) is 68.6 cm³/mol. The lowest BCUT2D eigenvalue weighted by Gasteiger charge is -2.12. The molecule has 0 aromatic carbocycles. The maximum atomic E-state index is 12.0. The van der Waals surface area contributed by atoms with Crippen LogP contribution in [0, 0.1) is 0 Å². The van der Waals surface area contributed by atoms with Crippen molar-refractivity contribution < 1.29 is 9.59 Å². The van der Waals surface area contributed by atoms with Crippen molar-refractivity contribution in [1.82, 2.24) is 14.5 Å². The second-order valence-electron chi connectivity index (χ2n) is 4.47. The van der Waals surface area contributed by atoms with Crippen LogP contribution >= 0.6 is 0 Å². The summed E-state index contributed by atoms with van der Waals surface area (Å²) in [4.78, 5) is 40.2. The van der Waals surface area contributed by atoms with Crippen LogP contribution in [0.5, 0.6) is 0 Å². The molecule has 1 atom stereocenters. The molecule has 1 aromatic heterocycles. The number of hydrogen-bond acceptors (Lipinski definition) is 5. The maximum Gasteiger partial charge on any atom is 0.293 e. The highest BCUT2D eigenvalue weighted by Crippen LogP contribution is 2.13. The number of likely N-dealkylation sites (N-methyl/N-ethyl adjacent to an activating group) is 1. The van der Waals surface area contributed by atoms with Crippen LogP contribution in [-0.4, -0.2) is 39.4 Å². The molecule has 1 saturated heterocycles. The van der Waals surface area contributed by atoms with E-state index in [2.05, 4.69) is 10.3 Å². The van der Waals surface area contributed by atoms with Crippen molar-refractivity contribution in [3.05, 3.63) is 22.7 Å². The van der Waals surface area contributed by atoms with Crippen molar-refractivity contribution in [1.29, 1.82) is 0 Å². The van der Waals surface area contributed by atoms with E-state index in [4.69, 9.17) is 0 Å². The monoisotopic (exact) mass is 264 g/mol. The largest absolute Gasteiger partial charge is 0.353 e. The number of carbonyl (C=O) groups is 2. The summed E-state index contributed by atoms with van der Waals surface area (Å²) in [5.41, 5.74) is -0.279. The molecule has 19 heavy (non-hydrogen) atoms. The van der Waals surface area contributed by atoms with Crippen LogP contribution in [0.4, 0.5) is 5.82 Å². The first-order valence-electron chi connectivity index (χ1n) is 6.17. The number of hydrogen-bond donors (Lipinski definition) is 1. The van der Waals surface area contributed by atoms with E-state index in [0.717, 1.165) is 11.3 Å². The molecule has 102 valence electrons. The molecule has 1 fully saturated rings. The van der Waals surface area contributed by atoms with Gasteiger partial charge in [0, 0.05) is 26.0 Å². The number of amides is 2. The SMILES string of the molecule is CCCn1ccnc(NC2CC(=O)N(C)C2=O)c1=O.